The van der Waals surface area contributed by atoms with Gasteiger partial charge in [0.1, 0.15) is 10.0 Å². The Bertz CT molecular complexity index is 588. The van der Waals surface area contributed by atoms with Crippen LogP contribution in [-0.4, -0.2) is 22.1 Å². The summed E-state index contributed by atoms with van der Waals surface area (Å²) in [6, 6.07) is 9.39. The van der Waals surface area contributed by atoms with Crippen molar-refractivity contribution < 1.29 is 4.79 Å². The van der Waals surface area contributed by atoms with Gasteiger partial charge >= 0.3 is 0 Å². The zero-order valence-corrected chi connectivity index (χ0v) is 14.3. The third-order valence-corrected chi connectivity index (χ3v) is 3.94. The second kappa shape index (κ2) is 8.82. The third-order valence-electron chi connectivity index (χ3n) is 2.96. The number of nitrogens with one attached hydrogen (secondary N) is 1. The highest BCUT2D eigenvalue weighted by molar-refractivity contribution is 7.14. The smallest absolute Gasteiger partial charge is 0.237 e. The quantitative estimate of drug-likeness (QED) is 0.847. The molecule has 1 atom stereocenters. The van der Waals surface area contributed by atoms with Gasteiger partial charge in [-0.05, 0) is 12.3 Å². The van der Waals surface area contributed by atoms with E-state index in [1.807, 2.05) is 44.2 Å². The Morgan fingerprint density at radius 2 is 1.95 bits per heavy atom. The van der Waals surface area contributed by atoms with Crippen molar-refractivity contribution in [2.45, 2.75) is 32.9 Å². The van der Waals surface area contributed by atoms with Crippen molar-refractivity contribution in [3.05, 3.63) is 35.3 Å². The van der Waals surface area contributed by atoms with Crippen LogP contribution in [0.5, 0.6) is 0 Å². The highest BCUT2D eigenvalue weighted by atomic mass is 35.5. The normalized spacial score (nSPS) is 11.8. The Morgan fingerprint density at radius 1 is 1.27 bits per heavy atom. The molecule has 0 aliphatic heterocycles. The second-order valence-corrected chi connectivity index (χ2v) is 6.38. The van der Waals surface area contributed by atoms with Gasteiger partial charge in [-0.15, -0.1) is 22.6 Å². The van der Waals surface area contributed by atoms with Crippen LogP contribution in [0.2, 0.25) is 0 Å². The first-order chi connectivity index (χ1) is 10.1. The maximum Gasteiger partial charge on any atom is 0.237 e. The summed E-state index contributed by atoms with van der Waals surface area (Å²) in [7, 11) is 0. The SMILES string of the molecule is CC(C)C[C@H](N)C(=O)NCc1nnc(-c2ccccc2)s1.Cl. The summed E-state index contributed by atoms with van der Waals surface area (Å²) in [6.07, 6.45) is 0.678. The van der Waals surface area contributed by atoms with E-state index < -0.39 is 6.04 Å². The fraction of sp³-hybridized carbons (Fsp3) is 0.400. The van der Waals surface area contributed by atoms with Crippen LogP contribution in [0.4, 0.5) is 0 Å². The average molecular weight is 341 g/mol. The molecule has 0 radical (unpaired) electrons. The molecule has 0 aliphatic rings. The van der Waals surface area contributed by atoms with Gasteiger partial charge in [-0.1, -0.05) is 55.5 Å². The van der Waals surface area contributed by atoms with E-state index >= 15 is 0 Å². The summed E-state index contributed by atoms with van der Waals surface area (Å²) in [5.41, 5.74) is 6.87. The molecule has 22 heavy (non-hydrogen) atoms. The van der Waals surface area contributed by atoms with Crippen LogP contribution in [0, 0.1) is 5.92 Å². The van der Waals surface area contributed by atoms with Crippen molar-refractivity contribution in [1.29, 1.82) is 0 Å². The summed E-state index contributed by atoms with van der Waals surface area (Å²) in [4.78, 5) is 11.8. The molecule has 3 N–H and O–H groups in total. The van der Waals surface area contributed by atoms with Gasteiger partial charge in [-0.25, -0.2) is 0 Å². The first-order valence-corrected chi connectivity index (χ1v) is 7.79. The van der Waals surface area contributed by atoms with E-state index in [0.717, 1.165) is 15.6 Å². The molecule has 0 bridgehead atoms. The number of rotatable bonds is 6. The summed E-state index contributed by atoms with van der Waals surface area (Å²) in [5, 5.41) is 12.7. The van der Waals surface area contributed by atoms with Gasteiger partial charge in [0.2, 0.25) is 5.91 Å². The van der Waals surface area contributed by atoms with E-state index in [1.165, 1.54) is 11.3 Å². The largest absolute Gasteiger partial charge is 0.348 e. The summed E-state index contributed by atoms with van der Waals surface area (Å²) in [6.45, 7) is 4.46. The highest BCUT2D eigenvalue weighted by Gasteiger charge is 2.15. The molecule has 1 aromatic heterocycles. The molecule has 1 amide bonds. The van der Waals surface area contributed by atoms with Crippen LogP contribution in [-0.2, 0) is 11.3 Å². The zero-order chi connectivity index (χ0) is 15.2. The van der Waals surface area contributed by atoms with Crippen LogP contribution < -0.4 is 11.1 Å². The number of nitrogens with zero attached hydrogens (tertiary/aromatic N) is 2. The van der Waals surface area contributed by atoms with Crippen LogP contribution in [0.25, 0.3) is 10.6 Å². The molecule has 0 saturated heterocycles. The molecule has 120 valence electrons. The van der Waals surface area contributed by atoms with Crippen molar-refractivity contribution in [3.8, 4) is 10.6 Å². The minimum atomic E-state index is -0.466. The van der Waals surface area contributed by atoms with Crippen molar-refractivity contribution in [3.63, 3.8) is 0 Å². The van der Waals surface area contributed by atoms with E-state index in [0.29, 0.717) is 18.9 Å². The molecule has 0 aliphatic carbocycles. The van der Waals surface area contributed by atoms with Crippen LogP contribution >= 0.6 is 23.7 Å². The Balaban J connectivity index is 0.00000242. The lowest BCUT2D eigenvalue weighted by molar-refractivity contribution is -0.122. The highest BCUT2D eigenvalue weighted by Crippen LogP contribution is 2.22. The number of nitrogens with two attached hydrogens (primary N) is 1. The topological polar surface area (TPSA) is 80.9 Å². The molecular weight excluding hydrogens is 320 g/mol. The molecule has 1 aromatic carbocycles. The number of hydrogen-bond donors (Lipinski definition) is 2. The Hall–Kier alpha value is -1.50. The fourth-order valence-corrected chi connectivity index (χ4v) is 2.72. The Kier molecular flexibility index (Phi) is 7.44. The number of aromatic nitrogens is 2. The molecule has 0 spiro atoms. The third kappa shape index (κ3) is 5.36. The number of carbonyl (C=O) groups is 1. The molecule has 2 rings (SSSR count). The van der Waals surface area contributed by atoms with Crippen LogP contribution in [0.1, 0.15) is 25.3 Å². The van der Waals surface area contributed by atoms with Gasteiger partial charge < -0.3 is 11.1 Å². The zero-order valence-electron chi connectivity index (χ0n) is 12.7. The molecule has 7 heteroatoms. The van der Waals surface area contributed by atoms with Gasteiger partial charge in [0.15, 0.2) is 0 Å². The van der Waals surface area contributed by atoms with E-state index in [4.69, 9.17) is 5.73 Å². The van der Waals surface area contributed by atoms with Gasteiger partial charge in [0.05, 0.1) is 12.6 Å². The van der Waals surface area contributed by atoms with Gasteiger partial charge in [0, 0.05) is 5.56 Å². The lowest BCUT2D eigenvalue weighted by atomic mass is 10.0. The fourth-order valence-electron chi connectivity index (χ4n) is 1.93. The van der Waals surface area contributed by atoms with E-state index in [2.05, 4.69) is 15.5 Å². The Morgan fingerprint density at radius 3 is 2.59 bits per heavy atom. The predicted octanol–water partition coefficient (Wildman–Crippen LogP) is 2.62. The summed E-state index contributed by atoms with van der Waals surface area (Å²) < 4.78 is 0. The minimum Gasteiger partial charge on any atom is -0.348 e. The molecular formula is C15H21ClN4OS. The summed E-state index contributed by atoms with van der Waals surface area (Å²) >= 11 is 1.48. The molecule has 2 aromatic rings. The van der Waals surface area contributed by atoms with Gasteiger partial charge in [-0.2, -0.15) is 0 Å². The van der Waals surface area contributed by atoms with Gasteiger partial charge in [-0.3, -0.25) is 4.79 Å². The van der Waals surface area contributed by atoms with Crippen molar-refractivity contribution in [2.75, 3.05) is 0 Å². The van der Waals surface area contributed by atoms with Crippen molar-refractivity contribution in [1.82, 2.24) is 15.5 Å². The van der Waals surface area contributed by atoms with Crippen molar-refractivity contribution in [2.24, 2.45) is 11.7 Å². The van der Waals surface area contributed by atoms with E-state index in [9.17, 15) is 4.79 Å². The lowest BCUT2D eigenvalue weighted by Gasteiger charge is -2.13. The first kappa shape index (κ1) is 18.5. The molecule has 5 nitrogen and oxygen atoms in total. The monoisotopic (exact) mass is 340 g/mol. The predicted molar refractivity (Wildman–Crippen MR) is 91.9 cm³/mol. The molecule has 0 saturated carbocycles. The van der Waals surface area contributed by atoms with E-state index in [1.54, 1.807) is 0 Å². The van der Waals surface area contributed by atoms with Gasteiger partial charge in [0.25, 0.3) is 0 Å². The number of carbonyl (C=O) groups excluding carboxylic acids is 1. The van der Waals surface area contributed by atoms with Crippen LogP contribution in [0.15, 0.2) is 30.3 Å². The maximum absolute atomic E-state index is 11.8. The molecule has 1 heterocycles. The first-order valence-electron chi connectivity index (χ1n) is 6.97. The summed E-state index contributed by atoms with van der Waals surface area (Å²) in [5.74, 6) is 0.261. The number of benzene rings is 1. The number of amides is 1. The maximum atomic E-state index is 11.8. The number of halogens is 1. The molecule has 0 fully saturated rings. The standard InChI is InChI=1S/C15H20N4OS.ClH/c1-10(2)8-12(16)14(20)17-9-13-18-19-15(21-13)11-6-4-3-5-7-11;/h3-7,10,12H,8-9,16H2,1-2H3,(H,17,20);1H/t12-;/m0./s1. The average Bonchev–Trinajstić information content (AvgIpc) is 2.94. The lowest BCUT2D eigenvalue weighted by Crippen LogP contribution is -2.41. The minimum absolute atomic E-state index is 0. The second-order valence-electron chi connectivity index (χ2n) is 5.32. The van der Waals surface area contributed by atoms with E-state index in [-0.39, 0.29) is 18.3 Å². The Labute approximate surface area is 140 Å². The van der Waals surface area contributed by atoms with Crippen LogP contribution in [0.3, 0.4) is 0 Å². The molecule has 0 unspecified atom stereocenters. The van der Waals surface area contributed by atoms with Crippen molar-refractivity contribution >= 4 is 29.7 Å². The number of hydrogen-bond acceptors (Lipinski definition) is 5.